The summed E-state index contributed by atoms with van der Waals surface area (Å²) in [5.41, 5.74) is 2.07. The molecule has 20 heavy (non-hydrogen) atoms. The fourth-order valence-electron chi connectivity index (χ4n) is 1.82. The molecule has 0 bridgehead atoms. The number of aryl methyl sites for hydroxylation is 1. The molecule has 104 valence electrons. The Kier molecular flexibility index (Phi) is 3.98. The van der Waals surface area contributed by atoms with E-state index in [2.05, 4.69) is 31.2 Å². The molecule has 4 nitrogen and oxygen atoms in total. The highest BCUT2D eigenvalue weighted by atomic mass is 79.9. The third-order valence-corrected chi connectivity index (χ3v) is 4.07. The van der Waals surface area contributed by atoms with Gasteiger partial charge in [-0.2, -0.15) is 0 Å². The zero-order valence-electron chi connectivity index (χ0n) is 11.3. The Morgan fingerprint density at radius 2 is 2.15 bits per heavy atom. The van der Waals surface area contributed by atoms with Crippen LogP contribution in [0.4, 0.5) is 0 Å². The SMILES string of the molecule is Cc1cc(Oc2cnc(CNC3CC3)cn2)ccc1Br. The third kappa shape index (κ3) is 3.55. The molecule has 0 aliphatic heterocycles. The zero-order valence-corrected chi connectivity index (χ0v) is 12.9. The maximum absolute atomic E-state index is 5.69. The number of benzene rings is 1. The number of hydrogen-bond acceptors (Lipinski definition) is 4. The molecule has 1 aliphatic carbocycles. The summed E-state index contributed by atoms with van der Waals surface area (Å²) in [5, 5.41) is 3.41. The van der Waals surface area contributed by atoms with Gasteiger partial charge in [0.15, 0.2) is 0 Å². The maximum atomic E-state index is 5.69. The van der Waals surface area contributed by atoms with Gasteiger partial charge in [-0.1, -0.05) is 15.9 Å². The van der Waals surface area contributed by atoms with Crippen LogP contribution >= 0.6 is 15.9 Å². The first-order chi connectivity index (χ1) is 9.70. The van der Waals surface area contributed by atoms with Crippen LogP contribution in [0.1, 0.15) is 24.1 Å². The first-order valence-electron chi connectivity index (χ1n) is 6.69. The Balaban J connectivity index is 1.62. The van der Waals surface area contributed by atoms with E-state index in [1.54, 1.807) is 12.4 Å². The highest BCUT2D eigenvalue weighted by Crippen LogP contribution is 2.25. The van der Waals surface area contributed by atoms with Crippen molar-refractivity contribution in [3.8, 4) is 11.6 Å². The van der Waals surface area contributed by atoms with E-state index >= 15 is 0 Å². The summed E-state index contributed by atoms with van der Waals surface area (Å²) in [6, 6.07) is 6.51. The minimum atomic E-state index is 0.516. The topological polar surface area (TPSA) is 47.0 Å². The summed E-state index contributed by atoms with van der Waals surface area (Å²) in [7, 11) is 0. The van der Waals surface area contributed by atoms with Crippen LogP contribution in [-0.2, 0) is 6.54 Å². The lowest BCUT2D eigenvalue weighted by atomic mass is 10.2. The molecule has 0 radical (unpaired) electrons. The van der Waals surface area contributed by atoms with Crippen molar-refractivity contribution in [1.82, 2.24) is 15.3 Å². The van der Waals surface area contributed by atoms with Crippen molar-refractivity contribution in [3.63, 3.8) is 0 Å². The van der Waals surface area contributed by atoms with Crippen LogP contribution in [0.3, 0.4) is 0 Å². The number of rotatable bonds is 5. The van der Waals surface area contributed by atoms with E-state index in [1.165, 1.54) is 12.8 Å². The monoisotopic (exact) mass is 333 g/mol. The summed E-state index contributed by atoms with van der Waals surface area (Å²) in [4.78, 5) is 8.64. The van der Waals surface area contributed by atoms with Crippen LogP contribution < -0.4 is 10.1 Å². The smallest absolute Gasteiger partial charge is 0.237 e. The van der Waals surface area contributed by atoms with Crippen LogP contribution in [0, 0.1) is 6.92 Å². The van der Waals surface area contributed by atoms with E-state index in [1.807, 2.05) is 25.1 Å². The van der Waals surface area contributed by atoms with Gasteiger partial charge in [-0.15, -0.1) is 0 Å². The summed E-state index contributed by atoms with van der Waals surface area (Å²) >= 11 is 3.47. The maximum Gasteiger partial charge on any atom is 0.237 e. The number of hydrogen-bond donors (Lipinski definition) is 1. The van der Waals surface area contributed by atoms with Gasteiger partial charge in [-0.05, 0) is 43.5 Å². The lowest BCUT2D eigenvalue weighted by molar-refractivity contribution is 0.458. The third-order valence-electron chi connectivity index (χ3n) is 3.18. The zero-order chi connectivity index (χ0) is 13.9. The number of ether oxygens (including phenoxy) is 1. The molecule has 0 atom stereocenters. The molecule has 0 amide bonds. The van der Waals surface area contributed by atoms with E-state index in [4.69, 9.17) is 4.74 Å². The number of nitrogens with zero attached hydrogens (tertiary/aromatic N) is 2. The number of nitrogens with one attached hydrogen (secondary N) is 1. The normalized spacial score (nSPS) is 14.3. The van der Waals surface area contributed by atoms with Gasteiger partial charge in [-0.25, -0.2) is 4.98 Å². The summed E-state index contributed by atoms with van der Waals surface area (Å²) in [5.74, 6) is 1.28. The Bertz CT molecular complexity index is 597. The van der Waals surface area contributed by atoms with Crippen LogP contribution in [0.2, 0.25) is 0 Å². The van der Waals surface area contributed by atoms with Gasteiger partial charge in [0, 0.05) is 17.1 Å². The van der Waals surface area contributed by atoms with E-state index < -0.39 is 0 Å². The van der Waals surface area contributed by atoms with Gasteiger partial charge in [0.25, 0.3) is 0 Å². The molecular formula is C15H16BrN3O. The fraction of sp³-hybridized carbons (Fsp3) is 0.333. The molecule has 2 aromatic rings. The molecule has 0 saturated heterocycles. The fourth-order valence-corrected chi connectivity index (χ4v) is 2.07. The van der Waals surface area contributed by atoms with E-state index in [9.17, 15) is 0 Å². The highest BCUT2D eigenvalue weighted by molar-refractivity contribution is 9.10. The molecule has 3 rings (SSSR count). The second-order valence-corrected chi connectivity index (χ2v) is 5.87. The molecular weight excluding hydrogens is 318 g/mol. The molecule has 1 aromatic heterocycles. The van der Waals surface area contributed by atoms with Crippen molar-refractivity contribution in [2.75, 3.05) is 0 Å². The van der Waals surface area contributed by atoms with Gasteiger partial charge in [0.2, 0.25) is 5.88 Å². The Morgan fingerprint density at radius 1 is 1.30 bits per heavy atom. The first kappa shape index (κ1) is 13.5. The average molecular weight is 334 g/mol. The molecule has 5 heteroatoms. The average Bonchev–Trinajstić information content (AvgIpc) is 3.26. The molecule has 1 saturated carbocycles. The van der Waals surface area contributed by atoms with E-state index in [0.717, 1.165) is 28.0 Å². The lowest BCUT2D eigenvalue weighted by Crippen LogP contribution is -2.16. The van der Waals surface area contributed by atoms with Crippen molar-refractivity contribution >= 4 is 15.9 Å². The second-order valence-electron chi connectivity index (χ2n) is 5.01. The van der Waals surface area contributed by atoms with Crippen LogP contribution in [0.25, 0.3) is 0 Å². The number of halogens is 1. The van der Waals surface area contributed by atoms with Crippen LogP contribution in [-0.4, -0.2) is 16.0 Å². The summed E-state index contributed by atoms with van der Waals surface area (Å²) in [6.07, 6.45) is 5.98. The van der Waals surface area contributed by atoms with Crippen molar-refractivity contribution in [1.29, 1.82) is 0 Å². The van der Waals surface area contributed by atoms with E-state index in [-0.39, 0.29) is 0 Å². The Morgan fingerprint density at radius 3 is 2.80 bits per heavy atom. The minimum absolute atomic E-state index is 0.516. The first-order valence-corrected chi connectivity index (χ1v) is 7.48. The highest BCUT2D eigenvalue weighted by Gasteiger charge is 2.20. The van der Waals surface area contributed by atoms with Crippen LogP contribution in [0.15, 0.2) is 35.1 Å². The van der Waals surface area contributed by atoms with E-state index in [0.29, 0.717) is 11.9 Å². The standard InChI is InChI=1S/C15H16BrN3O/c1-10-6-13(4-5-14(10)16)20-15-9-18-12(8-19-15)7-17-11-2-3-11/h4-6,8-9,11,17H,2-3,7H2,1H3. The van der Waals surface area contributed by atoms with Crippen molar-refractivity contribution in [2.24, 2.45) is 0 Å². The molecule has 1 aromatic carbocycles. The van der Waals surface area contributed by atoms with Crippen molar-refractivity contribution in [3.05, 3.63) is 46.3 Å². The van der Waals surface area contributed by atoms with Gasteiger partial charge in [0.1, 0.15) is 5.75 Å². The van der Waals surface area contributed by atoms with Gasteiger partial charge < -0.3 is 10.1 Å². The summed E-state index contributed by atoms with van der Waals surface area (Å²) < 4.78 is 6.76. The van der Waals surface area contributed by atoms with Crippen molar-refractivity contribution < 1.29 is 4.74 Å². The quantitative estimate of drug-likeness (QED) is 0.908. The molecule has 1 fully saturated rings. The molecule has 1 heterocycles. The predicted molar refractivity (Wildman–Crippen MR) is 80.8 cm³/mol. The lowest BCUT2D eigenvalue weighted by Gasteiger charge is -2.07. The molecule has 0 spiro atoms. The van der Waals surface area contributed by atoms with Crippen LogP contribution in [0.5, 0.6) is 11.6 Å². The van der Waals surface area contributed by atoms with Crippen molar-refractivity contribution in [2.45, 2.75) is 32.4 Å². The van der Waals surface area contributed by atoms with Gasteiger partial charge in [0.05, 0.1) is 18.1 Å². The molecule has 1 aliphatic rings. The predicted octanol–water partition coefficient (Wildman–Crippen LogP) is 3.59. The van der Waals surface area contributed by atoms with Gasteiger partial charge in [-0.3, -0.25) is 4.98 Å². The summed E-state index contributed by atoms with van der Waals surface area (Å²) in [6.45, 7) is 2.80. The second kappa shape index (κ2) is 5.89. The Labute approximate surface area is 126 Å². The largest absolute Gasteiger partial charge is 0.437 e. The molecule has 0 unspecified atom stereocenters. The van der Waals surface area contributed by atoms with Gasteiger partial charge >= 0.3 is 0 Å². The number of aromatic nitrogens is 2. The Hall–Kier alpha value is -1.46. The molecule has 1 N–H and O–H groups in total. The minimum Gasteiger partial charge on any atom is -0.437 e.